The maximum Gasteiger partial charge on any atom is 0.321 e. The van der Waals surface area contributed by atoms with Gasteiger partial charge in [-0.05, 0) is 67.3 Å². The van der Waals surface area contributed by atoms with Gasteiger partial charge in [0.2, 0.25) is 5.91 Å². The normalized spacial score (nSPS) is 18.9. The van der Waals surface area contributed by atoms with Crippen molar-refractivity contribution < 1.29 is 14.0 Å². The second-order valence-corrected chi connectivity index (χ2v) is 9.29. The van der Waals surface area contributed by atoms with Crippen LogP contribution in [0, 0.1) is 11.7 Å². The number of likely N-dealkylation sites (tertiary alicyclic amines) is 1. The molecule has 2 N–H and O–H groups in total. The van der Waals surface area contributed by atoms with E-state index in [1.165, 1.54) is 17.0 Å². The first-order chi connectivity index (χ1) is 14.6. The molecule has 3 amide bonds. The van der Waals surface area contributed by atoms with Gasteiger partial charge in [-0.1, -0.05) is 18.9 Å². The highest BCUT2D eigenvalue weighted by Crippen LogP contribution is 2.43. The Morgan fingerprint density at radius 2 is 1.80 bits per heavy atom. The zero-order valence-electron chi connectivity index (χ0n) is 17.0. The van der Waals surface area contributed by atoms with Crippen LogP contribution in [0.3, 0.4) is 0 Å². The molecule has 1 aliphatic heterocycles. The third-order valence-corrected chi connectivity index (χ3v) is 7.51. The number of benzene rings is 1. The number of rotatable bonds is 5. The topological polar surface area (TPSA) is 61.4 Å². The Hall–Kier alpha value is -2.41. The molecule has 2 heterocycles. The molecule has 30 heavy (non-hydrogen) atoms. The van der Waals surface area contributed by atoms with E-state index in [-0.39, 0.29) is 23.2 Å². The molecule has 0 atom stereocenters. The lowest BCUT2D eigenvalue weighted by Crippen LogP contribution is -2.46. The van der Waals surface area contributed by atoms with Crippen molar-refractivity contribution in [3.05, 3.63) is 52.5 Å². The average molecular weight is 430 g/mol. The Kier molecular flexibility index (Phi) is 6.37. The van der Waals surface area contributed by atoms with Gasteiger partial charge in [0.05, 0.1) is 5.41 Å². The number of anilines is 1. The molecule has 1 aliphatic carbocycles. The number of thiophene rings is 1. The summed E-state index contributed by atoms with van der Waals surface area (Å²) in [6.45, 7) is 1.98. The predicted octanol–water partition coefficient (Wildman–Crippen LogP) is 4.76. The lowest BCUT2D eigenvalue weighted by Gasteiger charge is -2.33. The van der Waals surface area contributed by atoms with Gasteiger partial charge in [-0.3, -0.25) is 4.79 Å². The van der Waals surface area contributed by atoms with Crippen LogP contribution in [0.5, 0.6) is 0 Å². The van der Waals surface area contributed by atoms with E-state index in [1.807, 2.05) is 6.07 Å². The first-order valence-corrected chi connectivity index (χ1v) is 11.6. The van der Waals surface area contributed by atoms with E-state index in [4.69, 9.17) is 0 Å². The number of halogens is 1. The van der Waals surface area contributed by atoms with Crippen molar-refractivity contribution in [2.45, 2.75) is 43.9 Å². The van der Waals surface area contributed by atoms with E-state index in [2.05, 4.69) is 22.1 Å². The second-order valence-electron chi connectivity index (χ2n) is 8.34. The van der Waals surface area contributed by atoms with Crippen molar-refractivity contribution in [1.29, 1.82) is 0 Å². The Morgan fingerprint density at radius 3 is 2.43 bits per heavy atom. The summed E-state index contributed by atoms with van der Waals surface area (Å²) in [7, 11) is 0. The van der Waals surface area contributed by atoms with Crippen LogP contribution < -0.4 is 10.6 Å². The molecular weight excluding hydrogens is 401 g/mol. The fraction of sp³-hybridized carbons (Fsp3) is 0.478. The van der Waals surface area contributed by atoms with Crippen molar-refractivity contribution >= 4 is 29.0 Å². The number of amides is 3. The van der Waals surface area contributed by atoms with Gasteiger partial charge in [0.1, 0.15) is 5.82 Å². The van der Waals surface area contributed by atoms with Gasteiger partial charge in [-0.15, -0.1) is 11.3 Å². The molecule has 0 bridgehead atoms. The van der Waals surface area contributed by atoms with E-state index in [0.717, 1.165) is 38.5 Å². The number of carbonyl (C=O) groups excluding carboxylic acids is 2. The van der Waals surface area contributed by atoms with Crippen molar-refractivity contribution in [3.8, 4) is 0 Å². The zero-order chi connectivity index (χ0) is 21.0. The number of carbonyl (C=O) groups is 2. The molecule has 160 valence electrons. The number of hydrogen-bond donors (Lipinski definition) is 2. The van der Waals surface area contributed by atoms with E-state index in [9.17, 15) is 14.0 Å². The highest BCUT2D eigenvalue weighted by atomic mass is 32.1. The molecule has 0 spiro atoms. The van der Waals surface area contributed by atoms with Gasteiger partial charge in [-0.2, -0.15) is 0 Å². The smallest absolute Gasteiger partial charge is 0.321 e. The minimum atomic E-state index is -0.343. The van der Waals surface area contributed by atoms with Gasteiger partial charge >= 0.3 is 6.03 Å². The largest absolute Gasteiger partial charge is 0.355 e. The summed E-state index contributed by atoms with van der Waals surface area (Å²) >= 11 is 1.68. The Labute approximate surface area is 180 Å². The Bertz CT molecular complexity index is 855. The zero-order valence-corrected chi connectivity index (χ0v) is 17.8. The molecule has 2 aromatic rings. The molecule has 4 rings (SSSR count). The Morgan fingerprint density at radius 1 is 1.10 bits per heavy atom. The molecule has 5 nitrogen and oxygen atoms in total. The molecular formula is C23H28FN3O2S. The minimum absolute atomic E-state index is 0.160. The van der Waals surface area contributed by atoms with Crippen LogP contribution in [0.1, 0.15) is 43.4 Å². The summed E-state index contributed by atoms with van der Waals surface area (Å²) in [5, 5.41) is 8.09. The summed E-state index contributed by atoms with van der Waals surface area (Å²) in [5.74, 6) is 0.221. The quantitative estimate of drug-likeness (QED) is 0.720. The standard InChI is InChI=1S/C23H28FN3O2S/c24-18-5-7-19(8-6-18)26-22(29)27-13-9-17(10-14-27)16-25-21(28)23(11-1-2-12-23)20-4-3-15-30-20/h3-8,15,17H,1-2,9-14,16H2,(H,25,28)(H,26,29). The van der Waals surface area contributed by atoms with Crippen LogP contribution in [-0.2, 0) is 10.2 Å². The molecule has 1 aromatic carbocycles. The summed E-state index contributed by atoms with van der Waals surface area (Å²) in [6, 6.07) is 9.74. The van der Waals surface area contributed by atoms with Crippen molar-refractivity contribution in [1.82, 2.24) is 10.2 Å². The molecule has 7 heteroatoms. The number of piperidine rings is 1. The molecule has 1 saturated heterocycles. The first kappa shape index (κ1) is 20.8. The lowest BCUT2D eigenvalue weighted by molar-refractivity contribution is -0.126. The van der Waals surface area contributed by atoms with Gasteiger partial charge < -0.3 is 15.5 Å². The number of urea groups is 1. The highest BCUT2D eigenvalue weighted by Gasteiger charge is 2.43. The summed E-state index contributed by atoms with van der Waals surface area (Å²) in [4.78, 5) is 28.5. The van der Waals surface area contributed by atoms with Crippen LogP contribution >= 0.6 is 11.3 Å². The molecule has 0 radical (unpaired) electrons. The van der Waals surface area contributed by atoms with Crippen LogP contribution in [0.15, 0.2) is 41.8 Å². The Balaban J connectivity index is 1.25. The number of hydrogen-bond acceptors (Lipinski definition) is 3. The van der Waals surface area contributed by atoms with Crippen LogP contribution in [-0.4, -0.2) is 36.5 Å². The van der Waals surface area contributed by atoms with Gasteiger partial charge in [0, 0.05) is 30.2 Å². The highest BCUT2D eigenvalue weighted by molar-refractivity contribution is 7.10. The molecule has 1 saturated carbocycles. The average Bonchev–Trinajstić information content (AvgIpc) is 3.46. The summed E-state index contributed by atoms with van der Waals surface area (Å²) in [5.41, 5.74) is 0.246. The lowest BCUT2D eigenvalue weighted by atomic mass is 9.83. The third-order valence-electron chi connectivity index (χ3n) is 6.43. The van der Waals surface area contributed by atoms with Crippen molar-refractivity contribution in [2.75, 3.05) is 25.0 Å². The summed E-state index contributed by atoms with van der Waals surface area (Å²) < 4.78 is 13.0. The molecule has 0 unspecified atom stereocenters. The van der Waals surface area contributed by atoms with E-state index in [1.54, 1.807) is 28.4 Å². The van der Waals surface area contributed by atoms with E-state index in [0.29, 0.717) is 31.2 Å². The number of nitrogens with one attached hydrogen (secondary N) is 2. The maximum absolute atomic E-state index is 13.1. The van der Waals surface area contributed by atoms with Crippen LogP contribution in [0.25, 0.3) is 0 Å². The minimum Gasteiger partial charge on any atom is -0.355 e. The van der Waals surface area contributed by atoms with Crippen molar-refractivity contribution in [2.24, 2.45) is 5.92 Å². The fourth-order valence-electron chi connectivity index (χ4n) is 4.60. The van der Waals surface area contributed by atoms with E-state index < -0.39 is 0 Å². The van der Waals surface area contributed by atoms with Crippen LogP contribution in [0.4, 0.5) is 14.9 Å². The number of nitrogens with zero attached hydrogens (tertiary/aromatic N) is 1. The van der Waals surface area contributed by atoms with Gasteiger partial charge in [0.15, 0.2) is 0 Å². The molecule has 2 aliphatic rings. The molecule has 2 fully saturated rings. The predicted molar refractivity (Wildman–Crippen MR) is 117 cm³/mol. The van der Waals surface area contributed by atoms with Crippen LogP contribution in [0.2, 0.25) is 0 Å². The summed E-state index contributed by atoms with van der Waals surface area (Å²) in [6.07, 6.45) is 5.80. The first-order valence-electron chi connectivity index (χ1n) is 10.7. The second kappa shape index (κ2) is 9.16. The molecule has 1 aromatic heterocycles. The van der Waals surface area contributed by atoms with Gasteiger partial charge in [-0.25, -0.2) is 9.18 Å². The monoisotopic (exact) mass is 429 g/mol. The maximum atomic E-state index is 13.1. The SMILES string of the molecule is O=C(Nc1ccc(F)cc1)N1CCC(CNC(=O)C2(c3cccs3)CCCC2)CC1. The van der Waals surface area contributed by atoms with Crippen molar-refractivity contribution in [3.63, 3.8) is 0 Å². The van der Waals surface area contributed by atoms with E-state index >= 15 is 0 Å². The third kappa shape index (κ3) is 4.51. The van der Waals surface area contributed by atoms with Gasteiger partial charge in [0.25, 0.3) is 0 Å². The fourth-order valence-corrected chi connectivity index (χ4v) is 5.58.